The molecule has 200 valence electrons. The molecule has 9 heteroatoms. The van der Waals surface area contributed by atoms with Crippen molar-refractivity contribution < 1.29 is 28.2 Å². The van der Waals surface area contributed by atoms with Crippen molar-refractivity contribution in [2.45, 2.75) is 26.0 Å². The van der Waals surface area contributed by atoms with Crippen LogP contribution in [-0.4, -0.2) is 56.1 Å². The van der Waals surface area contributed by atoms with Crippen molar-refractivity contribution >= 4 is 11.9 Å². The first-order valence-corrected chi connectivity index (χ1v) is 12.5. The lowest BCUT2D eigenvalue weighted by Gasteiger charge is -2.15. The van der Waals surface area contributed by atoms with Crippen LogP contribution in [0.15, 0.2) is 54.7 Å². The minimum absolute atomic E-state index is 0.0906. The highest BCUT2D eigenvalue weighted by Gasteiger charge is 2.24. The number of nitrogens with zero attached hydrogens (tertiary/aromatic N) is 2. The van der Waals surface area contributed by atoms with Gasteiger partial charge in [-0.3, -0.25) is 14.5 Å². The first kappa shape index (κ1) is 27.1. The lowest BCUT2D eigenvalue weighted by molar-refractivity contribution is -0.145. The van der Waals surface area contributed by atoms with E-state index in [1.54, 1.807) is 37.3 Å². The monoisotopic (exact) mass is 521 g/mol. The van der Waals surface area contributed by atoms with E-state index >= 15 is 0 Å². The number of rotatable bonds is 12. The highest BCUT2D eigenvalue weighted by Crippen LogP contribution is 2.32. The molecular formula is C29H32FN3O5. The number of halogens is 1. The number of hydrogen-bond donors (Lipinski definition) is 1. The van der Waals surface area contributed by atoms with E-state index in [9.17, 15) is 14.0 Å². The minimum Gasteiger partial charge on any atom is -0.494 e. The molecular weight excluding hydrogens is 489 g/mol. The van der Waals surface area contributed by atoms with Crippen molar-refractivity contribution in [1.29, 1.82) is 0 Å². The van der Waals surface area contributed by atoms with Gasteiger partial charge in [0.05, 0.1) is 20.3 Å². The van der Waals surface area contributed by atoms with Gasteiger partial charge in [-0.15, -0.1) is 0 Å². The summed E-state index contributed by atoms with van der Waals surface area (Å²) in [7, 11) is 4.99. The van der Waals surface area contributed by atoms with Gasteiger partial charge in [0.15, 0.2) is 11.6 Å². The Labute approximate surface area is 221 Å². The van der Waals surface area contributed by atoms with E-state index in [2.05, 4.69) is 10.3 Å². The van der Waals surface area contributed by atoms with Crippen molar-refractivity contribution in [2.75, 3.05) is 34.4 Å². The van der Waals surface area contributed by atoms with Crippen molar-refractivity contribution in [1.82, 2.24) is 15.2 Å². The number of hydrogen-bond acceptors (Lipinski definition) is 7. The normalized spacial score (nSPS) is 12.8. The fourth-order valence-electron chi connectivity index (χ4n) is 3.85. The van der Waals surface area contributed by atoms with E-state index in [0.29, 0.717) is 23.7 Å². The topological polar surface area (TPSA) is 90.0 Å². The van der Waals surface area contributed by atoms with Crippen LogP contribution in [0.2, 0.25) is 0 Å². The number of nitrogens with one attached hydrogen (secondary N) is 1. The molecule has 1 aliphatic rings. The molecule has 2 aromatic carbocycles. The standard InChI is InChI=1S/C29H32FN3O5/c1-33(2)16-27(34)37-18-21-6-4-5-7-23(21)22-13-24(29(32-15-22)38-17-19-8-9-19)28(35)31-14-20-10-11-26(36-3)25(30)12-20/h4-7,10-13,15,19H,8-9,14,16-18H2,1-3H3,(H,31,35). The van der Waals surface area contributed by atoms with Gasteiger partial charge in [-0.25, -0.2) is 9.37 Å². The van der Waals surface area contributed by atoms with Crippen LogP contribution in [0.3, 0.4) is 0 Å². The summed E-state index contributed by atoms with van der Waals surface area (Å²) in [5, 5.41) is 2.83. The first-order chi connectivity index (χ1) is 18.3. The Morgan fingerprint density at radius 2 is 1.92 bits per heavy atom. The third-order valence-electron chi connectivity index (χ3n) is 6.08. The Balaban J connectivity index is 1.55. The Hall–Kier alpha value is -3.98. The summed E-state index contributed by atoms with van der Waals surface area (Å²) in [4.78, 5) is 31.5. The number of amides is 1. The summed E-state index contributed by atoms with van der Waals surface area (Å²) in [5.41, 5.74) is 3.12. The Kier molecular flexibility index (Phi) is 8.91. The zero-order chi connectivity index (χ0) is 27.1. The molecule has 1 aromatic heterocycles. The third kappa shape index (κ3) is 7.29. The number of methoxy groups -OCH3 is 1. The molecule has 0 bridgehead atoms. The largest absolute Gasteiger partial charge is 0.494 e. The van der Waals surface area contributed by atoms with Crippen LogP contribution in [0.25, 0.3) is 11.1 Å². The summed E-state index contributed by atoms with van der Waals surface area (Å²) < 4.78 is 30.4. The second kappa shape index (κ2) is 12.5. The van der Waals surface area contributed by atoms with Gasteiger partial charge >= 0.3 is 5.97 Å². The second-order valence-corrected chi connectivity index (χ2v) is 9.54. The molecule has 38 heavy (non-hydrogen) atoms. The van der Waals surface area contributed by atoms with Crippen LogP contribution in [0.1, 0.15) is 34.3 Å². The maximum absolute atomic E-state index is 14.1. The van der Waals surface area contributed by atoms with E-state index in [1.165, 1.54) is 19.2 Å². The number of benzene rings is 2. The van der Waals surface area contributed by atoms with Gasteiger partial charge < -0.3 is 19.5 Å². The first-order valence-electron chi connectivity index (χ1n) is 12.5. The van der Waals surface area contributed by atoms with Crippen LogP contribution >= 0.6 is 0 Å². The van der Waals surface area contributed by atoms with Gasteiger partial charge in [0.1, 0.15) is 12.2 Å². The number of ether oxygens (including phenoxy) is 3. The molecule has 1 N–H and O–H groups in total. The third-order valence-corrected chi connectivity index (χ3v) is 6.08. The van der Waals surface area contributed by atoms with Gasteiger partial charge in [0.25, 0.3) is 5.91 Å². The van der Waals surface area contributed by atoms with Gasteiger partial charge in [-0.1, -0.05) is 30.3 Å². The molecule has 1 aliphatic carbocycles. The molecule has 4 rings (SSSR count). The quantitative estimate of drug-likeness (QED) is 0.357. The number of likely N-dealkylation sites (N-methyl/N-ethyl adjacent to an activating group) is 1. The molecule has 0 radical (unpaired) electrons. The Morgan fingerprint density at radius 1 is 1.13 bits per heavy atom. The van der Waals surface area contributed by atoms with Crippen molar-refractivity contribution in [3.05, 3.63) is 77.2 Å². The highest BCUT2D eigenvalue weighted by molar-refractivity contribution is 5.97. The van der Waals surface area contributed by atoms with Gasteiger partial charge in [-0.2, -0.15) is 0 Å². The summed E-state index contributed by atoms with van der Waals surface area (Å²) in [6.07, 6.45) is 3.85. The van der Waals surface area contributed by atoms with E-state index in [1.807, 2.05) is 24.3 Å². The number of esters is 1. The lowest BCUT2D eigenvalue weighted by Crippen LogP contribution is -2.24. The fourth-order valence-corrected chi connectivity index (χ4v) is 3.85. The molecule has 0 spiro atoms. The summed E-state index contributed by atoms with van der Waals surface area (Å²) in [6.45, 7) is 0.881. The van der Waals surface area contributed by atoms with Crippen LogP contribution in [-0.2, 0) is 22.7 Å². The van der Waals surface area contributed by atoms with Crippen molar-refractivity contribution in [2.24, 2.45) is 5.92 Å². The van der Waals surface area contributed by atoms with Crippen LogP contribution in [0.4, 0.5) is 4.39 Å². The van der Waals surface area contributed by atoms with E-state index in [0.717, 1.165) is 24.0 Å². The van der Waals surface area contributed by atoms with Gasteiger partial charge in [0, 0.05) is 18.3 Å². The van der Waals surface area contributed by atoms with Crippen molar-refractivity contribution in [3.8, 4) is 22.8 Å². The van der Waals surface area contributed by atoms with Crippen molar-refractivity contribution in [3.63, 3.8) is 0 Å². The SMILES string of the molecule is COc1ccc(CNC(=O)c2cc(-c3ccccc3COC(=O)CN(C)C)cnc2OCC2CC2)cc1F. The van der Waals surface area contributed by atoms with Crippen LogP contribution in [0.5, 0.6) is 11.6 Å². The maximum Gasteiger partial charge on any atom is 0.320 e. The molecule has 1 fully saturated rings. The summed E-state index contributed by atoms with van der Waals surface area (Å²) in [5.74, 6) is -0.364. The summed E-state index contributed by atoms with van der Waals surface area (Å²) in [6, 6.07) is 13.7. The van der Waals surface area contributed by atoms with E-state index < -0.39 is 11.7 Å². The molecule has 0 saturated heterocycles. The molecule has 0 aliphatic heterocycles. The molecule has 0 unspecified atom stereocenters. The van der Waals surface area contributed by atoms with E-state index in [-0.39, 0.29) is 42.9 Å². The molecule has 0 atom stereocenters. The van der Waals surface area contributed by atoms with Gasteiger partial charge in [-0.05, 0) is 67.7 Å². The second-order valence-electron chi connectivity index (χ2n) is 9.54. The number of carbonyl (C=O) groups is 2. The van der Waals surface area contributed by atoms with Crippen LogP contribution < -0.4 is 14.8 Å². The predicted molar refractivity (Wildman–Crippen MR) is 140 cm³/mol. The fraction of sp³-hybridized carbons (Fsp3) is 0.345. The number of carbonyl (C=O) groups excluding carboxylic acids is 2. The Bertz CT molecular complexity index is 1290. The zero-order valence-corrected chi connectivity index (χ0v) is 21.8. The van der Waals surface area contributed by atoms with Gasteiger partial charge in [0.2, 0.25) is 5.88 Å². The lowest BCUT2D eigenvalue weighted by atomic mass is 10.00. The summed E-state index contributed by atoms with van der Waals surface area (Å²) >= 11 is 0. The average Bonchev–Trinajstić information content (AvgIpc) is 3.74. The van der Waals surface area contributed by atoms with Crippen LogP contribution in [0, 0.1) is 11.7 Å². The van der Waals surface area contributed by atoms with E-state index in [4.69, 9.17) is 14.2 Å². The molecule has 3 aromatic rings. The maximum atomic E-state index is 14.1. The number of aromatic nitrogens is 1. The molecule has 1 saturated carbocycles. The minimum atomic E-state index is -0.501. The zero-order valence-electron chi connectivity index (χ0n) is 21.8. The molecule has 1 amide bonds. The highest BCUT2D eigenvalue weighted by atomic mass is 19.1. The average molecular weight is 522 g/mol. The number of pyridine rings is 1. The Morgan fingerprint density at radius 3 is 2.63 bits per heavy atom. The molecule has 1 heterocycles. The molecule has 8 nitrogen and oxygen atoms in total. The smallest absolute Gasteiger partial charge is 0.320 e. The predicted octanol–water partition coefficient (Wildman–Crippen LogP) is 4.22.